The van der Waals surface area contributed by atoms with Crippen LogP contribution in [0.4, 0.5) is 0 Å². The normalized spacial score (nSPS) is 11.3. The summed E-state index contributed by atoms with van der Waals surface area (Å²) < 4.78 is 6.72. The fraction of sp³-hybridized carbons (Fsp3) is 0. The van der Waals surface area contributed by atoms with Crippen molar-refractivity contribution in [3.05, 3.63) is 224 Å². The Morgan fingerprint density at radius 1 is 0.262 bits per heavy atom. The van der Waals surface area contributed by atoms with Gasteiger partial charge in [0.2, 0.25) is 0 Å². The van der Waals surface area contributed by atoms with Gasteiger partial charge < -0.3 is 4.42 Å². The summed E-state index contributed by atoms with van der Waals surface area (Å²) in [6, 6.07) is 78.1. The number of para-hydroxylation sites is 1. The molecule has 0 saturated heterocycles. The third kappa shape index (κ3) is 6.96. The maximum Gasteiger partial charge on any atom is 0.164 e. The van der Waals surface area contributed by atoms with Crippen molar-refractivity contribution in [1.29, 1.82) is 0 Å². The van der Waals surface area contributed by atoms with Crippen LogP contribution in [0, 0.1) is 0 Å². The standard InChI is InChI=1S/C57H37N3O/c1-4-13-38(14-5-1)41-25-31-44(32-26-41)49-21-11-22-50-53-51(23-12-24-52(53)61-54(49)50)57-59-55(45-33-27-42(28-34-45)39-15-6-2-7-16-39)58-56(60-57)46-35-29-43(30-36-46)48-20-10-19-47(37-48)40-17-8-3-9-18-40/h1-37H. The Bertz CT molecular complexity index is 3300. The number of hydrogen-bond donors (Lipinski definition) is 0. The first-order valence-electron chi connectivity index (χ1n) is 20.5. The molecule has 0 atom stereocenters. The quantitative estimate of drug-likeness (QED) is 0.154. The zero-order chi connectivity index (χ0) is 40.5. The van der Waals surface area contributed by atoms with Gasteiger partial charge in [-0.1, -0.05) is 212 Å². The van der Waals surface area contributed by atoms with E-state index in [1.165, 1.54) is 22.3 Å². The van der Waals surface area contributed by atoms with Crippen LogP contribution in [0.1, 0.15) is 0 Å². The summed E-state index contributed by atoms with van der Waals surface area (Å²) in [7, 11) is 0. The third-order valence-corrected chi connectivity index (χ3v) is 11.4. The van der Waals surface area contributed by atoms with E-state index in [0.29, 0.717) is 17.5 Å². The second kappa shape index (κ2) is 15.5. The highest BCUT2D eigenvalue weighted by molar-refractivity contribution is 6.15. The minimum absolute atomic E-state index is 0.581. The smallest absolute Gasteiger partial charge is 0.164 e. The SMILES string of the molecule is c1ccc(-c2ccc(-c3nc(-c4ccc(-c5cccc(-c6ccccc6)c5)cc4)nc(-c4cccc5oc6c(-c7ccc(-c8ccccc8)cc7)cccc6c45)n3)cc2)cc1. The van der Waals surface area contributed by atoms with Gasteiger partial charge in [0.25, 0.3) is 0 Å². The number of fused-ring (bicyclic) bond motifs is 3. The fourth-order valence-corrected chi connectivity index (χ4v) is 8.25. The van der Waals surface area contributed by atoms with Gasteiger partial charge in [-0.3, -0.25) is 0 Å². The van der Waals surface area contributed by atoms with Crippen molar-refractivity contribution in [1.82, 2.24) is 15.0 Å². The molecule has 2 aromatic heterocycles. The molecule has 11 aromatic rings. The predicted octanol–water partition coefficient (Wildman–Crippen LogP) is 15.1. The maximum atomic E-state index is 6.72. The molecule has 11 rings (SSSR count). The summed E-state index contributed by atoms with van der Waals surface area (Å²) in [6.45, 7) is 0. The molecule has 0 bridgehead atoms. The number of furan rings is 1. The van der Waals surface area contributed by atoms with Gasteiger partial charge in [-0.05, 0) is 62.2 Å². The number of aromatic nitrogens is 3. The zero-order valence-corrected chi connectivity index (χ0v) is 33.1. The molecule has 4 nitrogen and oxygen atoms in total. The Labute approximate surface area is 354 Å². The van der Waals surface area contributed by atoms with Crippen LogP contribution in [0.25, 0.3) is 112 Å². The molecule has 9 aromatic carbocycles. The van der Waals surface area contributed by atoms with Crippen LogP contribution < -0.4 is 0 Å². The molecule has 0 aliphatic carbocycles. The molecule has 0 aliphatic heterocycles. The Morgan fingerprint density at radius 3 is 1.18 bits per heavy atom. The first-order chi connectivity index (χ1) is 30.2. The summed E-state index contributed by atoms with van der Waals surface area (Å²) in [4.78, 5) is 15.5. The van der Waals surface area contributed by atoms with Crippen LogP contribution in [-0.4, -0.2) is 15.0 Å². The second-order valence-corrected chi connectivity index (χ2v) is 15.2. The molecule has 0 N–H and O–H groups in total. The molecule has 4 heteroatoms. The number of hydrogen-bond acceptors (Lipinski definition) is 4. The van der Waals surface area contributed by atoms with Crippen molar-refractivity contribution in [3.8, 4) is 89.8 Å². The van der Waals surface area contributed by atoms with Crippen LogP contribution in [-0.2, 0) is 0 Å². The maximum absolute atomic E-state index is 6.72. The van der Waals surface area contributed by atoms with Crippen molar-refractivity contribution in [2.75, 3.05) is 0 Å². The van der Waals surface area contributed by atoms with Crippen LogP contribution in [0.3, 0.4) is 0 Å². The second-order valence-electron chi connectivity index (χ2n) is 15.2. The lowest BCUT2D eigenvalue weighted by atomic mass is 9.98. The van der Waals surface area contributed by atoms with Gasteiger partial charge in [0.05, 0.1) is 0 Å². The first kappa shape index (κ1) is 35.9. The lowest BCUT2D eigenvalue weighted by molar-refractivity contribution is 0.670. The average Bonchev–Trinajstić information content (AvgIpc) is 3.74. The Kier molecular flexibility index (Phi) is 9.14. The predicted molar refractivity (Wildman–Crippen MR) is 251 cm³/mol. The summed E-state index contributed by atoms with van der Waals surface area (Å²) in [5.74, 6) is 1.78. The van der Waals surface area contributed by atoms with Gasteiger partial charge in [-0.2, -0.15) is 0 Å². The van der Waals surface area contributed by atoms with Gasteiger partial charge in [0.1, 0.15) is 11.2 Å². The van der Waals surface area contributed by atoms with E-state index in [2.05, 4.69) is 194 Å². The van der Waals surface area contributed by atoms with E-state index in [1.807, 2.05) is 30.3 Å². The van der Waals surface area contributed by atoms with Crippen LogP contribution in [0.5, 0.6) is 0 Å². The minimum Gasteiger partial charge on any atom is -0.455 e. The van der Waals surface area contributed by atoms with Crippen LogP contribution >= 0.6 is 0 Å². The van der Waals surface area contributed by atoms with Gasteiger partial charge in [-0.25, -0.2) is 15.0 Å². The zero-order valence-electron chi connectivity index (χ0n) is 33.1. The topological polar surface area (TPSA) is 51.8 Å². The monoisotopic (exact) mass is 779 g/mol. The molecule has 0 amide bonds. The average molecular weight is 780 g/mol. The van der Waals surface area contributed by atoms with Crippen molar-refractivity contribution in [2.45, 2.75) is 0 Å². The van der Waals surface area contributed by atoms with Crippen molar-refractivity contribution < 1.29 is 4.42 Å². The molecule has 0 radical (unpaired) electrons. The van der Waals surface area contributed by atoms with Gasteiger partial charge in [0.15, 0.2) is 17.5 Å². The molecule has 0 spiro atoms. The van der Waals surface area contributed by atoms with Crippen LogP contribution in [0.15, 0.2) is 229 Å². The molecule has 286 valence electrons. The summed E-state index contributed by atoms with van der Waals surface area (Å²) in [5, 5.41) is 1.98. The Balaban J connectivity index is 1.02. The lowest BCUT2D eigenvalue weighted by Crippen LogP contribution is -2.00. The highest BCUT2D eigenvalue weighted by Crippen LogP contribution is 2.41. The van der Waals surface area contributed by atoms with Gasteiger partial charge >= 0.3 is 0 Å². The van der Waals surface area contributed by atoms with E-state index in [9.17, 15) is 0 Å². The molecule has 0 fully saturated rings. The molecular weight excluding hydrogens is 743 g/mol. The van der Waals surface area contributed by atoms with Crippen LogP contribution in [0.2, 0.25) is 0 Å². The highest BCUT2D eigenvalue weighted by atomic mass is 16.3. The minimum atomic E-state index is 0.581. The number of rotatable bonds is 8. The first-order valence-corrected chi connectivity index (χ1v) is 20.5. The largest absolute Gasteiger partial charge is 0.455 e. The van der Waals surface area contributed by atoms with Crippen molar-refractivity contribution in [3.63, 3.8) is 0 Å². The Morgan fingerprint density at radius 2 is 0.639 bits per heavy atom. The van der Waals surface area contributed by atoms with Crippen molar-refractivity contribution >= 4 is 21.9 Å². The number of nitrogens with zero attached hydrogens (tertiary/aromatic N) is 3. The highest BCUT2D eigenvalue weighted by Gasteiger charge is 2.20. The van der Waals surface area contributed by atoms with Crippen molar-refractivity contribution in [2.24, 2.45) is 0 Å². The Hall–Kier alpha value is -8.21. The molecule has 0 aliphatic rings. The number of benzene rings is 9. The fourth-order valence-electron chi connectivity index (χ4n) is 8.25. The van der Waals surface area contributed by atoms with E-state index in [-0.39, 0.29) is 0 Å². The molecule has 2 heterocycles. The van der Waals surface area contributed by atoms with E-state index in [0.717, 1.165) is 72.0 Å². The lowest BCUT2D eigenvalue weighted by Gasteiger charge is -2.11. The van der Waals surface area contributed by atoms with E-state index in [4.69, 9.17) is 19.4 Å². The summed E-state index contributed by atoms with van der Waals surface area (Å²) in [5.41, 5.74) is 15.7. The van der Waals surface area contributed by atoms with Gasteiger partial charge in [0, 0.05) is 33.0 Å². The molecule has 0 unspecified atom stereocenters. The van der Waals surface area contributed by atoms with E-state index < -0.39 is 0 Å². The molecular formula is C57H37N3O. The molecule has 61 heavy (non-hydrogen) atoms. The molecule has 0 saturated carbocycles. The van der Waals surface area contributed by atoms with E-state index >= 15 is 0 Å². The summed E-state index contributed by atoms with van der Waals surface area (Å²) in [6.07, 6.45) is 0. The third-order valence-electron chi connectivity index (χ3n) is 11.4. The van der Waals surface area contributed by atoms with E-state index in [1.54, 1.807) is 0 Å². The summed E-state index contributed by atoms with van der Waals surface area (Å²) >= 11 is 0. The van der Waals surface area contributed by atoms with Gasteiger partial charge in [-0.15, -0.1) is 0 Å².